The first-order valence-corrected chi connectivity index (χ1v) is 6.76. The lowest BCUT2D eigenvalue weighted by Crippen LogP contribution is -2.17. The molecule has 1 aromatic heterocycles. The molecule has 3 unspecified atom stereocenters. The molecular weight excluding hydrogens is 248 g/mol. The van der Waals surface area contributed by atoms with Crippen LogP contribution in [-0.2, 0) is 9.53 Å². The van der Waals surface area contributed by atoms with E-state index in [4.69, 9.17) is 9.26 Å². The van der Waals surface area contributed by atoms with E-state index in [1.807, 2.05) is 0 Å². The lowest BCUT2D eigenvalue weighted by molar-refractivity contribution is -0.142. The van der Waals surface area contributed by atoms with Gasteiger partial charge in [-0.15, -0.1) is 0 Å². The van der Waals surface area contributed by atoms with Gasteiger partial charge in [-0.05, 0) is 19.3 Å². The van der Waals surface area contributed by atoms with Gasteiger partial charge in [-0.2, -0.15) is 4.98 Å². The van der Waals surface area contributed by atoms with Gasteiger partial charge in [0, 0.05) is 7.11 Å². The van der Waals surface area contributed by atoms with Gasteiger partial charge in [-0.1, -0.05) is 24.9 Å². The highest BCUT2D eigenvalue weighted by Gasteiger charge is 2.38. The van der Waals surface area contributed by atoms with Crippen LogP contribution < -0.4 is 0 Å². The SMILES string of the molecule is CCCC(OC)c1noc(C2CCCC2C(=O)O)n1. The summed E-state index contributed by atoms with van der Waals surface area (Å²) in [6.07, 6.45) is 3.98. The average Bonchev–Trinajstić information content (AvgIpc) is 3.03. The average molecular weight is 268 g/mol. The van der Waals surface area contributed by atoms with Crippen LogP contribution in [0.25, 0.3) is 0 Å². The van der Waals surface area contributed by atoms with Crippen molar-refractivity contribution in [2.24, 2.45) is 5.92 Å². The van der Waals surface area contributed by atoms with Crippen LogP contribution in [0, 0.1) is 5.92 Å². The Morgan fingerprint density at radius 3 is 3.00 bits per heavy atom. The molecule has 19 heavy (non-hydrogen) atoms. The Kier molecular flexibility index (Phi) is 4.52. The van der Waals surface area contributed by atoms with Gasteiger partial charge in [0.25, 0.3) is 0 Å². The second-order valence-electron chi connectivity index (χ2n) is 4.99. The first kappa shape index (κ1) is 14.0. The molecule has 106 valence electrons. The van der Waals surface area contributed by atoms with Crippen LogP contribution in [0.2, 0.25) is 0 Å². The van der Waals surface area contributed by atoms with Crippen LogP contribution >= 0.6 is 0 Å². The van der Waals surface area contributed by atoms with Gasteiger partial charge < -0.3 is 14.4 Å². The molecule has 0 saturated heterocycles. The summed E-state index contributed by atoms with van der Waals surface area (Å²) in [5, 5.41) is 13.1. The summed E-state index contributed by atoms with van der Waals surface area (Å²) in [4.78, 5) is 15.5. The molecular formula is C13H20N2O4. The van der Waals surface area contributed by atoms with E-state index in [9.17, 15) is 9.90 Å². The predicted octanol–water partition coefficient (Wildman–Crippen LogP) is 2.53. The van der Waals surface area contributed by atoms with Crippen molar-refractivity contribution in [2.45, 2.75) is 51.0 Å². The summed E-state index contributed by atoms with van der Waals surface area (Å²) in [6, 6.07) is 0. The van der Waals surface area contributed by atoms with Crippen molar-refractivity contribution in [2.75, 3.05) is 7.11 Å². The van der Waals surface area contributed by atoms with Crippen molar-refractivity contribution < 1.29 is 19.2 Å². The normalized spacial score (nSPS) is 24.5. The Bertz CT molecular complexity index is 432. The topological polar surface area (TPSA) is 85.5 Å². The Hall–Kier alpha value is -1.43. The summed E-state index contributed by atoms with van der Waals surface area (Å²) in [5.74, 6) is -0.370. The number of hydrogen-bond acceptors (Lipinski definition) is 5. The molecule has 6 heteroatoms. The number of hydrogen-bond donors (Lipinski definition) is 1. The fourth-order valence-electron chi connectivity index (χ4n) is 2.69. The van der Waals surface area contributed by atoms with Gasteiger partial charge in [0.05, 0.1) is 11.8 Å². The van der Waals surface area contributed by atoms with Crippen molar-refractivity contribution >= 4 is 5.97 Å². The Morgan fingerprint density at radius 2 is 2.37 bits per heavy atom. The van der Waals surface area contributed by atoms with E-state index < -0.39 is 11.9 Å². The fourth-order valence-corrected chi connectivity index (χ4v) is 2.69. The highest BCUT2D eigenvalue weighted by molar-refractivity contribution is 5.71. The third-order valence-electron chi connectivity index (χ3n) is 3.73. The smallest absolute Gasteiger partial charge is 0.307 e. The maximum Gasteiger partial charge on any atom is 0.307 e. The van der Waals surface area contributed by atoms with Crippen molar-refractivity contribution in [3.8, 4) is 0 Å². The van der Waals surface area contributed by atoms with Gasteiger partial charge >= 0.3 is 5.97 Å². The van der Waals surface area contributed by atoms with E-state index in [1.54, 1.807) is 7.11 Å². The Balaban J connectivity index is 2.14. The molecule has 1 fully saturated rings. The van der Waals surface area contributed by atoms with Gasteiger partial charge in [0.15, 0.2) is 0 Å². The number of rotatable bonds is 6. The summed E-state index contributed by atoms with van der Waals surface area (Å²) < 4.78 is 10.6. The number of carboxylic acid groups (broad SMARTS) is 1. The number of carbonyl (C=O) groups is 1. The summed E-state index contributed by atoms with van der Waals surface area (Å²) in [6.45, 7) is 2.06. The summed E-state index contributed by atoms with van der Waals surface area (Å²) >= 11 is 0. The molecule has 3 atom stereocenters. The molecule has 1 aliphatic rings. The maximum atomic E-state index is 11.2. The van der Waals surface area contributed by atoms with E-state index in [-0.39, 0.29) is 12.0 Å². The molecule has 0 radical (unpaired) electrons. The summed E-state index contributed by atoms with van der Waals surface area (Å²) in [5.41, 5.74) is 0. The van der Waals surface area contributed by atoms with Crippen LogP contribution in [0.3, 0.4) is 0 Å². The van der Waals surface area contributed by atoms with E-state index in [1.165, 1.54) is 0 Å². The number of aliphatic carboxylic acids is 1. The van der Waals surface area contributed by atoms with Crippen LogP contribution in [0.4, 0.5) is 0 Å². The number of ether oxygens (including phenoxy) is 1. The fraction of sp³-hybridized carbons (Fsp3) is 0.769. The van der Waals surface area contributed by atoms with Crippen LogP contribution in [-0.4, -0.2) is 28.3 Å². The lowest BCUT2D eigenvalue weighted by Gasteiger charge is -2.11. The highest BCUT2D eigenvalue weighted by Crippen LogP contribution is 2.39. The molecule has 1 N–H and O–H groups in total. The Morgan fingerprint density at radius 1 is 1.58 bits per heavy atom. The molecule has 0 amide bonds. The van der Waals surface area contributed by atoms with Gasteiger partial charge in [0.2, 0.25) is 11.7 Å². The lowest BCUT2D eigenvalue weighted by atomic mass is 9.96. The molecule has 0 spiro atoms. The highest BCUT2D eigenvalue weighted by atomic mass is 16.5. The van der Waals surface area contributed by atoms with E-state index in [0.29, 0.717) is 18.1 Å². The molecule has 1 aliphatic carbocycles. The zero-order valence-electron chi connectivity index (χ0n) is 11.3. The third kappa shape index (κ3) is 2.94. The number of methoxy groups -OCH3 is 1. The minimum absolute atomic E-state index is 0.155. The maximum absolute atomic E-state index is 11.2. The standard InChI is InChI=1S/C13H20N2O4/c1-3-5-10(18-2)11-14-12(19-15-11)8-6-4-7-9(8)13(16)17/h8-10H,3-7H2,1-2H3,(H,16,17). The first-order chi connectivity index (χ1) is 9.17. The molecule has 1 aromatic rings. The van der Waals surface area contributed by atoms with Crippen molar-refractivity contribution in [3.05, 3.63) is 11.7 Å². The zero-order valence-corrected chi connectivity index (χ0v) is 11.3. The van der Waals surface area contributed by atoms with Gasteiger partial charge in [-0.25, -0.2) is 0 Å². The predicted molar refractivity (Wildman–Crippen MR) is 66.7 cm³/mol. The van der Waals surface area contributed by atoms with Crippen LogP contribution in [0.1, 0.15) is 62.8 Å². The van der Waals surface area contributed by atoms with E-state index in [0.717, 1.165) is 25.7 Å². The molecule has 0 aromatic carbocycles. The monoisotopic (exact) mass is 268 g/mol. The molecule has 6 nitrogen and oxygen atoms in total. The molecule has 0 bridgehead atoms. The van der Waals surface area contributed by atoms with E-state index in [2.05, 4.69) is 17.1 Å². The van der Waals surface area contributed by atoms with Crippen molar-refractivity contribution in [1.82, 2.24) is 10.1 Å². The van der Waals surface area contributed by atoms with Crippen molar-refractivity contribution in [3.63, 3.8) is 0 Å². The largest absolute Gasteiger partial charge is 0.481 e. The zero-order chi connectivity index (χ0) is 13.8. The van der Waals surface area contributed by atoms with Crippen molar-refractivity contribution in [1.29, 1.82) is 0 Å². The third-order valence-corrected chi connectivity index (χ3v) is 3.73. The number of nitrogens with zero attached hydrogens (tertiary/aromatic N) is 2. The number of aromatic nitrogens is 2. The molecule has 0 aliphatic heterocycles. The second kappa shape index (κ2) is 6.14. The van der Waals surface area contributed by atoms with Gasteiger partial charge in [-0.3, -0.25) is 4.79 Å². The van der Waals surface area contributed by atoms with E-state index >= 15 is 0 Å². The van der Waals surface area contributed by atoms with Crippen LogP contribution in [0.5, 0.6) is 0 Å². The summed E-state index contributed by atoms with van der Waals surface area (Å²) in [7, 11) is 1.62. The molecule has 2 rings (SSSR count). The first-order valence-electron chi connectivity index (χ1n) is 6.76. The van der Waals surface area contributed by atoms with Gasteiger partial charge in [0.1, 0.15) is 6.10 Å². The number of carboxylic acids is 1. The van der Waals surface area contributed by atoms with Crippen LogP contribution in [0.15, 0.2) is 4.52 Å². The second-order valence-corrected chi connectivity index (χ2v) is 4.99. The minimum atomic E-state index is -0.779. The molecule has 1 saturated carbocycles. The quantitative estimate of drug-likeness (QED) is 0.853. The minimum Gasteiger partial charge on any atom is -0.481 e. The Labute approximate surface area is 112 Å². The molecule has 1 heterocycles.